The van der Waals surface area contributed by atoms with Gasteiger partial charge < -0.3 is 14.7 Å². The van der Waals surface area contributed by atoms with Crippen LogP contribution in [0.2, 0.25) is 0 Å². The van der Waals surface area contributed by atoms with Crippen LogP contribution in [0.3, 0.4) is 0 Å². The van der Waals surface area contributed by atoms with Gasteiger partial charge >= 0.3 is 12.1 Å². The summed E-state index contributed by atoms with van der Waals surface area (Å²) >= 11 is 0. The Hall–Kier alpha value is -2.16. The van der Waals surface area contributed by atoms with Crippen LogP contribution in [-0.4, -0.2) is 52.2 Å². The molecule has 0 bridgehead atoms. The number of rotatable bonds is 2. The highest BCUT2D eigenvalue weighted by Crippen LogP contribution is 2.28. The van der Waals surface area contributed by atoms with Crippen LogP contribution in [0, 0.1) is 0 Å². The van der Waals surface area contributed by atoms with Crippen LogP contribution in [0.4, 0.5) is 13.2 Å². The molecule has 9 heteroatoms. The number of nitrogens with zero attached hydrogens (tertiary/aromatic N) is 2. The topological polar surface area (TPSA) is 79.7 Å². The van der Waals surface area contributed by atoms with Crippen LogP contribution < -0.4 is 0 Å². The van der Waals surface area contributed by atoms with E-state index in [0.717, 1.165) is 12.1 Å². The van der Waals surface area contributed by atoms with Crippen LogP contribution in [0.25, 0.3) is 0 Å². The number of hydrogen-bond acceptors (Lipinski definition) is 4. The highest BCUT2D eigenvalue weighted by atomic mass is 19.4. The third-order valence-corrected chi connectivity index (χ3v) is 3.13. The van der Waals surface area contributed by atoms with Gasteiger partial charge in [-0.05, 0) is 19.1 Å². The molecule has 1 N–H and O–H groups in total. The minimum absolute atomic E-state index is 0.144. The number of carboxylic acid groups (broad SMARTS) is 1. The van der Waals surface area contributed by atoms with Gasteiger partial charge in [-0.3, -0.25) is 9.78 Å². The third kappa shape index (κ3) is 3.53. The molecule has 0 spiro atoms. The zero-order chi connectivity index (χ0) is 16.5. The van der Waals surface area contributed by atoms with Gasteiger partial charge in [0.15, 0.2) is 6.10 Å². The lowest BCUT2D eigenvalue weighted by Gasteiger charge is -2.34. The number of amides is 1. The second-order valence-electron chi connectivity index (χ2n) is 4.91. The Balaban J connectivity index is 2.15. The van der Waals surface area contributed by atoms with E-state index < -0.39 is 35.8 Å². The van der Waals surface area contributed by atoms with Gasteiger partial charge in [-0.15, -0.1) is 0 Å². The molecular weight excluding hydrogens is 305 g/mol. The maximum absolute atomic E-state index is 12.4. The first-order valence-electron chi connectivity index (χ1n) is 6.39. The van der Waals surface area contributed by atoms with E-state index in [0.29, 0.717) is 6.20 Å². The highest BCUT2D eigenvalue weighted by molar-refractivity contribution is 5.92. The molecule has 1 unspecified atom stereocenters. The minimum Gasteiger partial charge on any atom is -0.479 e. The molecule has 22 heavy (non-hydrogen) atoms. The molecule has 2 rings (SSSR count). The Morgan fingerprint density at radius 2 is 2.05 bits per heavy atom. The monoisotopic (exact) mass is 318 g/mol. The number of pyridine rings is 1. The van der Waals surface area contributed by atoms with E-state index in [9.17, 15) is 22.8 Å². The van der Waals surface area contributed by atoms with Crippen molar-refractivity contribution >= 4 is 11.9 Å². The first-order chi connectivity index (χ1) is 10.2. The molecule has 1 saturated heterocycles. The zero-order valence-electron chi connectivity index (χ0n) is 11.5. The molecule has 1 aromatic rings. The maximum Gasteiger partial charge on any atom is 0.417 e. The van der Waals surface area contributed by atoms with Crippen molar-refractivity contribution in [1.29, 1.82) is 0 Å². The number of halogens is 3. The molecule has 2 heterocycles. The van der Waals surface area contributed by atoms with Crippen molar-refractivity contribution in [3.8, 4) is 0 Å². The molecule has 1 fully saturated rings. The van der Waals surface area contributed by atoms with E-state index >= 15 is 0 Å². The predicted octanol–water partition coefficient (Wildman–Crippen LogP) is 1.41. The number of hydrogen-bond donors (Lipinski definition) is 1. The smallest absolute Gasteiger partial charge is 0.417 e. The van der Waals surface area contributed by atoms with E-state index in [1.165, 1.54) is 4.90 Å². The first-order valence-corrected chi connectivity index (χ1v) is 6.39. The lowest BCUT2D eigenvalue weighted by molar-refractivity contribution is -0.160. The number of carbonyl (C=O) groups is 2. The highest BCUT2D eigenvalue weighted by Gasteiger charge is 2.34. The van der Waals surface area contributed by atoms with Crippen LogP contribution in [0.5, 0.6) is 0 Å². The summed E-state index contributed by atoms with van der Waals surface area (Å²) in [6.07, 6.45) is -5.61. The molecule has 1 amide bonds. The fraction of sp³-hybridized carbons (Fsp3) is 0.462. The van der Waals surface area contributed by atoms with Crippen molar-refractivity contribution in [3.63, 3.8) is 0 Å². The Bertz CT molecular complexity index is 574. The quantitative estimate of drug-likeness (QED) is 0.892. The summed E-state index contributed by atoms with van der Waals surface area (Å²) < 4.78 is 42.5. The van der Waals surface area contributed by atoms with E-state index in [1.54, 1.807) is 6.92 Å². The van der Waals surface area contributed by atoms with Crippen LogP contribution in [-0.2, 0) is 15.7 Å². The molecule has 0 aliphatic carbocycles. The number of alkyl halides is 3. The van der Waals surface area contributed by atoms with Gasteiger partial charge in [0.2, 0.25) is 0 Å². The average molecular weight is 318 g/mol. The van der Waals surface area contributed by atoms with Crippen molar-refractivity contribution in [3.05, 3.63) is 29.6 Å². The molecule has 0 aromatic carbocycles. The van der Waals surface area contributed by atoms with E-state index in [1.807, 2.05) is 0 Å². The summed E-state index contributed by atoms with van der Waals surface area (Å²) in [5.41, 5.74) is -1.13. The van der Waals surface area contributed by atoms with Crippen LogP contribution >= 0.6 is 0 Å². The van der Waals surface area contributed by atoms with Crippen molar-refractivity contribution in [2.45, 2.75) is 25.3 Å². The summed E-state index contributed by atoms with van der Waals surface area (Å²) in [5, 5.41) is 8.95. The molecule has 1 aliphatic rings. The number of ether oxygens (including phenoxy) is 1. The Kier molecular flexibility index (Phi) is 4.36. The first kappa shape index (κ1) is 16.2. The summed E-state index contributed by atoms with van der Waals surface area (Å²) in [4.78, 5) is 27.9. The Morgan fingerprint density at radius 1 is 1.36 bits per heavy atom. The molecule has 1 aromatic heterocycles. The maximum atomic E-state index is 12.4. The van der Waals surface area contributed by atoms with Gasteiger partial charge in [-0.2, -0.15) is 13.2 Å². The van der Waals surface area contributed by atoms with Gasteiger partial charge in [0.25, 0.3) is 5.91 Å². The molecule has 0 saturated carbocycles. The van der Waals surface area contributed by atoms with Gasteiger partial charge in [0.05, 0.1) is 18.2 Å². The van der Waals surface area contributed by atoms with Crippen LogP contribution in [0.1, 0.15) is 23.0 Å². The van der Waals surface area contributed by atoms with Crippen molar-refractivity contribution in [2.75, 3.05) is 13.1 Å². The molecule has 6 nitrogen and oxygen atoms in total. The SMILES string of the molecule is C[C@@H]1CN(C(=O)c2ccc(C(F)(F)F)cn2)CC(C(=O)O)O1. The second-order valence-corrected chi connectivity index (χ2v) is 4.91. The molecule has 1 aliphatic heterocycles. The number of carbonyl (C=O) groups excluding carboxylic acids is 1. The van der Waals surface area contributed by atoms with Crippen LogP contribution in [0.15, 0.2) is 18.3 Å². The number of aliphatic carboxylic acids is 1. The Morgan fingerprint density at radius 3 is 2.55 bits per heavy atom. The fourth-order valence-electron chi connectivity index (χ4n) is 2.10. The number of carboxylic acids is 1. The fourth-order valence-corrected chi connectivity index (χ4v) is 2.10. The standard InChI is InChI=1S/C13H13F3N2O4/c1-7-5-18(6-10(22-7)12(20)21)11(19)9-3-2-8(4-17-9)13(14,15)16/h2-4,7,10H,5-6H2,1H3,(H,20,21)/t7-,10?/m1/s1. The van der Waals surface area contributed by atoms with Gasteiger partial charge in [-0.1, -0.05) is 0 Å². The summed E-state index contributed by atoms with van der Waals surface area (Å²) in [7, 11) is 0. The summed E-state index contributed by atoms with van der Waals surface area (Å²) in [5.74, 6) is -1.83. The lowest BCUT2D eigenvalue weighted by Crippen LogP contribution is -2.51. The largest absolute Gasteiger partial charge is 0.479 e. The van der Waals surface area contributed by atoms with Crippen molar-refractivity contribution in [2.24, 2.45) is 0 Å². The summed E-state index contributed by atoms with van der Waals surface area (Å²) in [6, 6.07) is 1.74. The minimum atomic E-state index is -4.53. The van der Waals surface area contributed by atoms with Crippen molar-refractivity contribution in [1.82, 2.24) is 9.88 Å². The van der Waals surface area contributed by atoms with Gasteiger partial charge in [0, 0.05) is 12.7 Å². The van der Waals surface area contributed by atoms with Gasteiger partial charge in [-0.25, -0.2) is 4.79 Å². The summed E-state index contributed by atoms with van der Waals surface area (Å²) in [6.45, 7) is 1.57. The van der Waals surface area contributed by atoms with Gasteiger partial charge in [0.1, 0.15) is 5.69 Å². The second kappa shape index (κ2) is 5.91. The number of morpholine rings is 1. The lowest BCUT2D eigenvalue weighted by atomic mass is 10.2. The molecule has 2 atom stereocenters. The molecular formula is C13H13F3N2O4. The average Bonchev–Trinajstić information content (AvgIpc) is 2.45. The predicted molar refractivity (Wildman–Crippen MR) is 67.1 cm³/mol. The molecule has 0 radical (unpaired) electrons. The zero-order valence-corrected chi connectivity index (χ0v) is 11.5. The van der Waals surface area contributed by atoms with E-state index in [4.69, 9.17) is 9.84 Å². The number of aromatic nitrogens is 1. The van der Waals surface area contributed by atoms with Crippen molar-refractivity contribution < 1.29 is 32.6 Å². The molecule has 120 valence electrons. The third-order valence-electron chi connectivity index (χ3n) is 3.13. The van der Waals surface area contributed by atoms with E-state index in [2.05, 4.69) is 4.98 Å². The van der Waals surface area contributed by atoms with E-state index in [-0.39, 0.29) is 18.8 Å². The normalized spacial score (nSPS) is 22.5. The Labute approximate surface area is 123 Å².